The number of likely N-dealkylation sites (tertiary alicyclic amines) is 1. The van der Waals surface area contributed by atoms with Crippen LogP contribution in [0, 0.1) is 0 Å². The van der Waals surface area contributed by atoms with Crippen LogP contribution in [0.1, 0.15) is 32.3 Å². The van der Waals surface area contributed by atoms with Gasteiger partial charge in [0.2, 0.25) is 11.8 Å². The lowest BCUT2D eigenvalue weighted by molar-refractivity contribution is -0.127. The molecule has 1 aliphatic heterocycles. The van der Waals surface area contributed by atoms with E-state index in [0.29, 0.717) is 77.0 Å². The SMILES string of the molecule is C=CC(=O)N1CCC(Oc2cc3c(Nc4cc(Oc5ccn[nH]5)ccc4C(C)(C)O)ncnc3cc2OC)CC1. The van der Waals surface area contributed by atoms with Crippen molar-refractivity contribution >= 4 is 28.3 Å². The molecule has 2 aromatic heterocycles. The summed E-state index contributed by atoms with van der Waals surface area (Å²) < 4.78 is 17.9. The highest BCUT2D eigenvalue weighted by atomic mass is 16.5. The highest BCUT2D eigenvalue weighted by Crippen LogP contribution is 2.38. The van der Waals surface area contributed by atoms with Gasteiger partial charge in [-0.15, -0.1) is 0 Å². The zero-order chi connectivity index (χ0) is 28.3. The summed E-state index contributed by atoms with van der Waals surface area (Å²) in [4.78, 5) is 22.7. The minimum absolute atomic E-state index is 0.0703. The number of piperidine rings is 1. The fourth-order valence-corrected chi connectivity index (χ4v) is 4.70. The van der Waals surface area contributed by atoms with Crippen molar-refractivity contribution in [2.75, 3.05) is 25.5 Å². The van der Waals surface area contributed by atoms with Crippen LogP contribution in [0.5, 0.6) is 23.1 Å². The largest absolute Gasteiger partial charge is 0.493 e. The number of carbonyl (C=O) groups is 1. The molecule has 0 atom stereocenters. The summed E-state index contributed by atoms with van der Waals surface area (Å²) in [6.45, 7) is 8.19. The third kappa shape index (κ3) is 5.84. The molecule has 11 heteroatoms. The number of amides is 1. The molecule has 0 saturated carbocycles. The smallest absolute Gasteiger partial charge is 0.245 e. The van der Waals surface area contributed by atoms with Gasteiger partial charge in [-0.2, -0.15) is 5.10 Å². The average molecular weight is 545 g/mol. The first-order valence-electron chi connectivity index (χ1n) is 13.0. The van der Waals surface area contributed by atoms with Crippen LogP contribution in [0.3, 0.4) is 0 Å². The zero-order valence-electron chi connectivity index (χ0n) is 22.7. The van der Waals surface area contributed by atoms with Crippen molar-refractivity contribution in [2.45, 2.75) is 38.4 Å². The predicted octanol–water partition coefficient (Wildman–Crippen LogP) is 4.68. The lowest BCUT2D eigenvalue weighted by Crippen LogP contribution is -2.41. The van der Waals surface area contributed by atoms with Crippen LogP contribution < -0.4 is 19.5 Å². The minimum Gasteiger partial charge on any atom is -0.493 e. The Balaban J connectivity index is 1.46. The molecule has 0 bridgehead atoms. The molecule has 4 aromatic rings. The van der Waals surface area contributed by atoms with Gasteiger partial charge in [0.1, 0.15) is 24.0 Å². The number of rotatable bonds is 9. The molecule has 5 rings (SSSR count). The lowest BCUT2D eigenvalue weighted by atomic mass is 9.96. The predicted molar refractivity (Wildman–Crippen MR) is 150 cm³/mol. The Labute approximate surface area is 231 Å². The van der Waals surface area contributed by atoms with E-state index in [1.54, 1.807) is 56.3 Å². The molecule has 3 N–H and O–H groups in total. The van der Waals surface area contributed by atoms with E-state index >= 15 is 0 Å². The molecular formula is C29H32N6O5. The van der Waals surface area contributed by atoms with Crippen LogP contribution in [0.25, 0.3) is 10.9 Å². The van der Waals surface area contributed by atoms with E-state index in [1.807, 2.05) is 12.1 Å². The summed E-state index contributed by atoms with van der Waals surface area (Å²) in [6, 6.07) is 10.8. The molecule has 3 heterocycles. The van der Waals surface area contributed by atoms with Crippen molar-refractivity contribution in [3.05, 3.63) is 67.1 Å². The molecule has 0 aliphatic carbocycles. The quantitative estimate of drug-likeness (QED) is 0.257. The number of benzene rings is 2. The van der Waals surface area contributed by atoms with E-state index < -0.39 is 5.60 Å². The third-order valence-corrected chi connectivity index (χ3v) is 6.75. The molecule has 11 nitrogen and oxygen atoms in total. The summed E-state index contributed by atoms with van der Waals surface area (Å²) in [5.74, 6) is 2.59. The second-order valence-electron chi connectivity index (χ2n) is 10.0. The maximum absolute atomic E-state index is 12.0. The number of fused-ring (bicyclic) bond motifs is 1. The Kier molecular flexibility index (Phi) is 7.56. The summed E-state index contributed by atoms with van der Waals surface area (Å²) in [5.41, 5.74) is 0.781. The number of carbonyl (C=O) groups excluding carboxylic acids is 1. The maximum Gasteiger partial charge on any atom is 0.245 e. The van der Waals surface area contributed by atoms with Gasteiger partial charge >= 0.3 is 0 Å². The molecule has 40 heavy (non-hydrogen) atoms. The fraction of sp³-hybridized carbons (Fsp3) is 0.310. The number of aromatic amines is 1. The van der Waals surface area contributed by atoms with Crippen molar-refractivity contribution in [1.29, 1.82) is 0 Å². The van der Waals surface area contributed by atoms with E-state index in [9.17, 15) is 9.90 Å². The van der Waals surface area contributed by atoms with E-state index in [1.165, 1.54) is 12.4 Å². The zero-order valence-corrected chi connectivity index (χ0v) is 22.7. The number of ether oxygens (including phenoxy) is 3. The first-order valence-corrected chi connectivity index (χ1v) is 13.0. The second-order valence-corrected chi connectivity index (χ2v) is 10.0. The topological polar surface area (TPSA) is 135 Å². The Hall–Kier alpha value is -4.64. The normalized spacial score (nSPS) is 14.2. The second kappa shape index (κ2) is 11.2. The lowest BCUT2D eigenvalue weighted by Gasteiger charge is -2.31. The van der Waals surface area contributed by atoms with Crippen LogP contribution in [0.15, 0.2) is 61.6 Å². The molecule has 208 valence electrons. The molecule has 1 saturated heterocycles. The van der Waals surface area contributed by atoms with Crippen molar-refractivity contribution in [2.24, 2.45) is 0 Å². The molecule has 1 fully saturated rings. The number of H-pyrrole nitrogens is 1. The van der Waals surface area contributed by atoms with Crippen LogP contribution >= 0.6 is 0 Å². The molecular weight excluding hydrogens is 512 g/mol. The number of anilines is 2. The van der Waals surface area contributed by atoms with Crippen molar-refractivity contribution in [3.8, 4) is 23.1 Å². The summed E-state index contributed by atoms with van der Waals surface area (Å²) in [5, 5.41) is 21.6. The van der Waals surface area contributed by atoms with Crippen LogP contribution in [-0.2, 0) is 10.4 Å². The molecule has 1 amide bonds. The van der Waals surface area contributed by atoms with E-state index in [-0.39, 0.29) is 12.0 Å². The third-order valence-electron chi connectivity index (χ3n) is 6.75. The Morgan fingerprint density at radius 1 is 1.18 bits per heavy atom. The number of aromatic nitrogens is 4. The summed E-state index contributed by atoms with van der Waals surface area (Å²) >= 11 is 0. The monoisotopic (exact) mass is 544 g/mol. The van der Waals surface area contributed by atoms with E-state index in [0.717, 1.165) is 0 Å². The molecule has 1 aliphatic rings. The number of methoxy groups -OCH3 is 1. The Bertz CT molecular complexity index is 1510. The maximum atomic E-state index is 12.0. The van der Waals surface area contributed by atoms with Gasteiger partial charge < -0.3 is 29.5 Å². The fourth-order valence-electron chi connectivity index (χ4n) is 4.70. The summed E-state index contributed by atoms with van der Waals surface area (Å²) in [7, 11) is 1.58. The number of aliphatic hydroxyl groups is 1. The van der Waals surface area contributed by atoms with Crippen molar-refractivity contribution in [1.82, 2.24) is 25.1 Å². The van der Waals surface area contributed by atoms with Crippen LogP contribution in [-0.4, -0.2) is 62.4 Å². The first kappa shape index (κ1) is 26.9. The van der Waals surface area contributed by atoms with Gasteiger partial charge in [-0.25, -0.2) is 15.1 Å². The number of nitrogens with zero attached hydrogens (tertiary/aromatic N) is 4. The van der Waals surface area contributed by atoms with Gasteiger partial charge in [0.15, 0.2) is 11.5 Å². The van der Waals surface area contributed by atoms with Gasteiger partial charge in [0, 0.05) is 60.8 Å². The number of nitrogens with one attached hydrogen (secondary N) is 2. The number of hydrogen-bond acceptors (Lipinski definition) is 9. The van der Waals surface area contributed by atoms with Crippen molar-refractivity contribution in [3.63, 3.8) is 0 Å². The molecule has 0 radical (unpaired) electrons. The van der Waals surface area contributed by atoms with Crippen LogP contribution in [0.4, 0.5) is 11.5 Å². The highest BCUT2D eigenvalue weighted by molar-refractivity contribution is 5.93. The van der Waals surface area contributed by atoms with Gasteiger partial charge in [-0.05, 0) is 32.1 Å². The van der Waals surface area contributed by atoms with Crippen molar-refractivity contribution < 1.29 is 24.1 Å². The van der Waals surface area contributed by atoms with Gasteiger partial charge in [-0.1, -0.05) is 12.6 Å². The van der Waals surface area contributed by atoms with E-state index in [4.69, 9.17) is 14.2 Å². The first-order chi connectivity index (χ1) is 19.2. The Morgan fingerprint density at radius 2 is 1.98 bits per heavy atom. The van der Waals surface area contributed by atoms with Gasteiger partial charge in [-0.3, -0.25) is 4.79 Å². The Morgan fingerprint density at radius 3 is 2.65 bits per heavy atom. The van der Waals surface area contributed by atoms with E-state index in [2.05, 4.69) is 32.1 Å². The standard InChI is InChI=1S/C29H32N6O5/c1-5-27(36)35-12-9-18(10-13-35)39-25-15-20-22(16-24(25)38-4)30-17-31-28(20)33-23-14-19(40-26-8-11-32-34-26)6-7-21(23)29(2,3)37/h5-8,11,14-18,37H,1,9-10,12-13H2,2-4H3,(H,32,34)(H,30,31,33). The average Bonchev–Trinajstić information content (AvgIpc) is 3.45. The van der Waals surface area contributed by atoms with Gasteiger partial charge in [0.25, 0.3) is 0 Å². The molecule has 0 unspecified atom stereocenters. The number of hydrogen-bond donors (Lipinski definition) is 3. The molecule has 0 spiro atoms. The van der Waals surface area contributed by atoms with Gasteiger partial charge in [0.05, 0.1) is 24.4 Å². The van der Waals surface area contributed by atoms with Crippen LogP contribution in [0.2, 0.25) is 0 Å². The highest BCUT2D eigenvalue weighted by Gasteiger charge is 2.25. The molecule has 2 aromatic carbocycles. The minimum atomic E-state index is -1.14. The summed E-state index contributed by atoms with van der Waals surface area (Å²) in [6.07, 6.45) is 5.70.